The van der Waals surface area contributed by atoms with E-state index in [1.54, 1.807) is 4.90 Å². The molecule has 0 aliphatic carbocycles. The first-order valence-corrected chi connectivity index (χ1v) is 9.36. The normalized spacial score (nSPS) is 15.8. The molecule has 5 nitrogen and oxygen atoms in total. The Labute approximate surface area is 132 Å². The predicted octanol–water partition coefficient (Wildman–Crippen LogP) is 1.85. The number of hydrogen-bond donors (Lipinski definition) is 1. The highest BCUT2D eigenvalue weighted by atomic mass is 32.2. The summed E-state index contributed by atoms with van der Waals surface area (Å²) in [6, 6.07) is 7.66. The predicted molar refractivity (Wildman–Crippen MR) is 87.0 cm³/mol. The Bertz CT molecular complexity index is 609. The first kappa shape index (κ1) is 17.0. The minimum Gasteiger partial charge on any atom is -0.341 e. The van der Waals surface area contributed by atoms with Crippen molar-refractivity contribution < 1.29 is 13.2 Å². The fourth-order valence-electron chi connectivity index (χ4n) is 2.55. The average molecular weight is 324 g/mol. The van der Waals surface area contributed by atoms with Gasteiger partial charge in [-0.25, -0.2) is 13.1 Å². The standard InChI is InChI=1S/C16H24N2O3S/c1-13(2)15-7-5-14(6-8-15)12-22(20,21)17-9-11-18-10-3-4-16(18)19/h5-8,13,17H,3-4,9-12H2,1-2H3. The average Bonchev–Trinajstić information content (AvgIpc) is 2.84. The molecule has 1 aliphatic rings. The number of carbonyl (C=O) groups is 1. The van der Waals surface area contributed by atoms with Crippen LogP contribution in [0.15, 0.2) is 24.3 Å². The lowest BCUT2D eigenvalue weighted by atomic mass is 10.0. The van der Waals surface area contributed by atoms with Crippen LogP contribution in [0.3, 0.4) is 0 Å². The maximum Gasteiger partial charge on any atom is 0.222 e. The van der Waals surface area contributed by atoms with Crippen molar-refractivity contribution in [3.8, 4) is 0 Å². The Kier molecular flexibility index (Phi) is 5.58. The second-order valence-electron chi connectivity index (χ2n) is 6.03. The summed E-state index contributed by atoms with van der Waals surface area (Å²) in [5, 5.41) is 0. The molecule has 1 aromatic rings. The van der Waals surface area contributed by atoms with Crippen molar-refractivity contribution in [1.29, 1.82) is 0 Å². The monoisotopic (exact) mass is 324 g/mol. The minimum atomic E-state index is -3.36. The van der Waals surface area contributed by atoms with Crippen molar-refractivity contribution >= 4 is 15.9 Å². The maximum absolute atomic E-state index is 12.1. The Morgan fingerprint density at radius 3 is 2.45 bits per heavy atom. The number of nitrogens with zero attached hydrogens (tertiary/aromatic N) is 1. The molecule has 0 spiro atoms. The van der Waals surface area contributed by atoms with Crippen LogP contribution >= 0.6 is 0 Å². The van der Waals surface area contributed by atoms with Gasteiger partial charge in [-0.05, 0) is 23.5 Å². The molecular formula is C16H24N2O3S. The van der Waals surface area contributed by atoms with E-state index in [0.29, 0.717) is 18.9 Å². The largest absolute Gasteiger partial charge is 0.341 e. The number of sulfonamides is 1. The number of carbonyl (C=O) groups excluding carboxylic acids is 1. The van der Waals surface area contributed by atoms with Crippen molar-refractivity contribution in [1.82, 2.24) is 9.62 Å². The maximum atomic E-state index is 12.1. The number of likely N-dealkylation sites (tertiary alicyclic amines) is 1. The van der Waals surface area contributed by atoms with Gasteiger partial charge in [-0.3, -0.25) is 4.79 Å². The Hall–Kier alpha value is -1.40. The molecule has 1 saturated heterocycles. The number of amides is 1. The van der Waals surface area contributed by atoms with E-state index >= 15 is 0 Å². The van der Waals surface area contributed by atoms with Crippen molar-refractivity contribution in [2.24, 2.45) is 0 Å². The molecule has 0 bridgehead atoms. The molecule has 122 valence electrons. The number of nitrogens with one attached hydrogen (secondary N) is 1. The van der Waals surface area contributed by atoms with E-state index in [-0.39, 0.29) is 18.2 Å². The molecule has 1 amide bonds. The van der Waals surface area contributed by atoms with Gasteiger partial charge in [0.1, 0.15) is 0 Å². The summed E-state index contributed by atoms with van der Waals surface area (Å²) in [4.78, 5) is 13.2. The first-order valence-electron chi connectivity index (χ1n) is 7.71. The highest BCUT2D eigenvalue weighted by Gasteiger charge is 2.20. The summed E-state index contributed by atoms with van der Waals surface area (Å²) in [6.45, 7) is 5.67. The van der Waals surface area contributed by atoms with Crippen molar-refractivity contribution in [2.45, 2.75) is 38.4 Å². The third-order valence-electron chi connectivity index (χ3n) is 3.88. The van der Waals surface area contributed by atoms with Gasteiger partial charge in [0.05, 0.1) is 5.75 Å². The lowest BCUT2D eigenvalue weighted by Crippen LogP contribution is -2.36. The second kappa shape index (κ2) is 7.24. The number of rotatable bonds is 7. The summed E-state index contributed by atoms with van der Waals surface area (Å²) >= 11 is 0. The summed E-state index contributed by atoms with van der Waals surface area (Å²) in [6.07, 6.45) is 1.45. The molecule has 1 aromatic carbocycles. The summed E-state index contributed by atoms with van der Waals surface area (Å²) in [7, 11) is -3.36. The molecule has 1 aliphatic heterocycles. The molecule has 2 rings (SSSR count). The van der Waals surface area contributed by atoms with Gasteiger partial charge in [0.25, 0.3) is 0 Å². The Morgan fingerprint density at radius 2 is 1.91 bits per heavy atom. The fourth-order valence-corrected chi connectivity index (χ4v) is 3.68. The molecule has 0 atom stereocenters. The highest BCUT2D eigenvalue weighted by Crippen LogP contribution is 2.15. The van der Waals surface area contributed by atoms with Crippen LogP contribution in [0.1, 0.15) is 43.7 Å². The minimum absolute atomic E-state index is 0.0285. The SMILES string of the molecule is CC(C)c1ccc(CS(=O)(=O)NCCN2CCCC2=O)cc1. The zero-order chi connectivity index (χ0) is 16.2. The lowest BCUT2D eigenvalue weighted by Gasteiger charge is -2.15. The smallest absolute Gasteiger partial charge is 0.222 e. The Morgan fingerprint density at radius 1 is 1.23 bits per heavy atom. The van der Waals surface area contributed by atoms with E-state index in [0.717, 1.165) is 18.5 Å². The zero-order valence-corrected chi connectivity index (χ0v) is 14.0. The van der Waals surface area contributed by atoms with Crippen LogP contribution in [-0.4, -0.2) is 38.9 Å². The quantitative estimate of drug-likeness (QED) is 0.832. The van der Waals surface area contributed by atoms with E-state index in [1.807, 2.05) is 24.3 Å². The van der Waals surface area contributed by atoms with Gasteiger partial charge in [0, 0.05) is 26.1 Å². The van der Waals surface area contributed by atoms with Crippen LogP contribution < -0.4 is 4.72 Å². The summed E-state index contributed by atoms with van der Waals surface area (Å²) in [5.74, 6) is 0.518. The van der Waals surface area contributed by atoms with Crippen LogP contribution in [0.5, 0.6) is 0 Å². The zero-order valence-electron chi connectivity index (χ0n) is 13.2. The lowest BCUT2D eigenvalue weighted by molar-refractivity contribution is -0.127. The van der Waals surface area contributed by atoms with Crippen LogP contribution in [0, 0.1) is 0 Å². The molecule has 0 saturated carbocycles. The molecular weight excluding hydrogens is 300 g/mol. The Balaban J connectivity index is 1.84. The van der Waals surface area contributed by atoms with Gasteiger partial charge < -0.3 is 4.90 Å². The fraction of sp³-hybridized carbons (Fsp3) is 0.562. The topological polar surface area (TPSA) is 66.5 Å². The van der Waals surface area contributed by atoms with Crippen LogP contribution in [0.4, 0.5) is 0 Å². The van der Waals surface area contributed by atoms with Crippen molar-refractivity contribution in [3.05, 3.63) is 35.4 Å². The van der Waals surface area contributed by atoms with Crippen LogP contribution in [0.25, 0.3) is 0 Å². The summed E-state index contributed by atoms with van der Waals surface area (Å²) in [5.41, 5.74) is 1.97. The molecule has 22 heavy (non-hydrogen) atoms. The van der Waals surface area contributed by atoms with E-state index in [2.05, 4.69) is 18.6 Å². The van der Waals surface area contributed by atoms with Gasteiger partial charge in [-0.15, -0.1) is 0 Å². The van der Waals surface area contributed by atoms with Gasteiger partial charge in [-0.2, -0.15) is 0 Å². The van der Waals surface area contributed by atoms with Crippen molar-refractivity contribution in [2.75, 3.05) is 19.6 Å². The van der Waals surface area contributed by atoms with Gasteiger partial charge in [0.2, 0.25) is 15.9 Å². The first-order chi connectivity index (χ1) is 10.4. The third kappa shape index (κ3) is 4.81. The molecule has 1 heterocycles. The van der Waals surface area contributed by atoms with Gasteiger partial charge >= 0.3 is 0 Å². The van der Waals surface area contributed by atoms with Gasteiger partial charge in [-0.1, -0.05) is 38.1 Å². The van der Waals surface area contributed by atoms with Gasteiger partial charge in [0.15, 0.2) is 0 Å². The molecule has 0 aromatic heterocycles. The number of hydrogen-bond acceptors (Lipinski definition) is 3. The van der Waals surface area contributed by atoms with Crippen LogP contribution in [0.2, 0.25) is 0 Å². The highest BCUT2D eigenvalue weighted by molar-refractivity contribution is 7.88. The molecule has 1 fully saturated rings. The van der Waals surface area contributed by atoms with E-state index < -0.39 is 10.0 Å². The van der Waals surface area contributed by atoms with E-state index in [9.17, 15) is 13.2 Å². The molecule has 1 N–H and O–H groups in total. The van der Waals surface area contributed by atoms with Crippen molar-refractivity contribution in [3.63, 3.8) is 0 Å². The molecule has 0 radical (unpaired) electrons. The summed E-state index contributed by atoms with van der Waals surface area (Å²) < 4.78 is 26.7. The van der Waals surface area contributed by atoms with Crippen LogP contribution in [-0.2, 0) is 20.6 Å². The third-order valence-corrected chi connectivity index (χ3v) is 5.24. The molecule has 0 unspecified atom stereocenters. The number of benzene rings is 1. The van der Waals surface area contributed by atoms with E-state index in [4.69, 9.17) is 0 Å². The molecule has 6 heteroatoms. The van der Waals surface area contributed by atoms with E-state index in [1.165, 1.54) is 5.56 Å². The second-order valence-corrected chi connectivity index (χ2v) is 7.84.